The zero-order chi connectivity index (χ0) is 15.9. The maximum atomic E-state index is 12.3. The maximum absolute atomic E-state index is 12.3. The van der Waals surface area contributed by atoms with E-state index in [2.05, 4.69) is 21.6 Å². The minimum atomic E-state index is -0.0399. The molecule has 1 unspecified atom stereocenters. The van der Waals surface area contributed by atoms with E-state index in [0.29, 0.717) is 6.54 Å². The molecule has 1 heterocycles. The number of hydrogen-bond donors (Lipinski definition) is 2. The van der Waals surface area contributed by atoms with Crippen LogP contribution in [0.4, 0.5) is 0 Å². The lowest BCUT2D eigenvalue weighted by atomic mass is 10.0. The molecule has 1 aromatic rings. The number of rotatable bonds is 6. The second-order valence-electron chi connectivity index (χ2n) is 6.00. The second-order valence-corrected chi connectivity index (χ2v) is 6.00. The van der Waals surface area contributed by atoms with Crippen molar-refractivity contribution in [3.8, 4) is 5.75 Å². The lowest BCUT2D eigenvalue weighted by molar-refractivity contribution is -0.123. The van der Waals surface area contributed by atoms with Crippen molar-refractivity contribution in [3.63, 3.8) is 0 Å². The third kappa shape index (κ3) is 4.45. The molecule has 1 aromatic carbocycles. The van der Waals surface area contributed by atoms with Crippen LogP contribution in [0.1, 0.15) is 30.9 Å². The lowest BCUT2D eigenvalue weighted by Crippen LogP contribution is -2.48. The van der Waals surface area contributed by atoms with Crippen molar-refractivity contribution in [1.29, 1.82) is 0 Å². The number of nitrogens with one attached hydrogen (secondary N) is 2. The summed E-state index contributed by atoms with van der Waals surface area (Å²) in [5.41, 5.74) is 1.14. The summed E-state index contributed by atoms with van der Waals surface area (Å²) in [5.74, 6) is 0.944. The Labute approximate surface area is 133 Å². The predicted molar refractivity (Wildman–Crippen MR) is 88.1 cm³/mol. The van der Waals surface area contributed by atoms with Gasteiger partial charge < -0.3 is 20.3 Å². The fourth-order valence-corrected chi connectivity index (χ4v) is 2.84. The van der Waals surface area contributed by atoms with E-state index in [-0.39, 0.29) is 18.0 Å². The first kappa shape index (κ1) is 16.8. The van der Waals surface area contributed by atoms with Gasteiger partial charge >= 0.3 is 0 Å². The fourth-order valence-electron chi connectivity index (χ4n) is 2.84. The molecule has 0 radical (unpaired) electrons. The van der Waals surface area contributed by atoms with E-state index >= 15 is 0 Å². The number of methoxy groups -OCH3 is 1. The van der Waals surface area contributed by atoms with Crippen molar-refractivity contribution in [2.75, 3.05) is 34.3 Å². The number of ether oxygens (including phenoxy) is 1. The number of benzene rings is 1. The molecule has 2 atom stereocenters. The van der Waals surface area contributed by atoms with E-state index in [1.54, 1.807) is 7.11 Å². The van der Waals surface area contributed by atoms with E-state index in [0.717, 1.165) is 37.1 Å². The predicted octanol–water partition coefficient (Wildman–Crippen LogP) is 1.56. The maximum Gasteiger partial charge on any atom is 0.237 e. The zero-order valence-electron chi connectivity index (χ0n) is 13.8. The second kappa shape index (κ2) is 8.15. The van der Waals surface area contributed by atoms with Gasteiger partial charge in [-0.25, -0.2) is 0 Å². The number of piperidine rings is 1. The smallest absolute Gasteiger partial charge is 0.237 e. The van der Waals surface area contributed by atoms with Gasteiger partial charge in [0.15, 0.2) is 0 Å². The molecule has 0 aliphatic carbocycles. The van der Waals surface area contributed by atoms with Gasteiger partial charge in [-0.3, -0.25) is 4.79 Å². The van der Waals surface area contributed by atoms with Crippen molar-refractivity contribution < 1.29 is 9.53 Å². The number of likely N-dealkylation sites (N-methyl/N-ethyl adjacent to an activating group) is 1. The van der Waals surface area contributed by atoms with Gasteiger partial charge in [-0.2, -0.15) is 0 Å². The highest BCUT2D eigenvalue weighted by Crippen LogP contribution is 2.22. The third-order valence-corrected chi connectivity index (χ3v) is 4.20. The van der Waals surface area contributed by atoms with Crippen molar-refractivity contribution >= 4 is 5.91 Å². The molecule has 5 nitrogen and oxygen atoms in total. The quantitative estimate of drug-likeness (QED) is 0.837. The molecular formula is C17H27N3O2. The summed E-state index contributed by atoms with van der Waals surface area (Å²) in [6.45, 7) is 1.53. The monoisotopic (exact) mass is 305 g/mol. The molecule has 0 saturated carbocycles. The summed E-state index contributed by atoms with van der Waals surface area (Å²) < 4.78 is 5.29. The molecule has 2 rings (SSSR count). The van der Waals surface area contributed by atoms with Crippen LogP contribution in [0.3, 0.4) is 0 Å². The van der Waals surface area contributed by atoms with E-state index in [1.807, 2.05) is 32.3 Å². The van der Waals surface area contributed by atoms with Gasteiger partial charge in [0.2, 0.25) is 5.91 Å². The van der Waals surface area contributed by atoms with Gasteiger partial charge in [0, 0.05) is 6.54 Å². The van der Waals surface area contributed by atoms with Crippen LogP contribution in [0.5, 0.6) is 5.75 Å². The summed E-state index contributed by atoms with van der Waals surface area (Å²) in [6.07, 6.45) is 3.21. The van der Waals surface area contributed by atoms with Crippen LogP contribution >= 0.6 is 0 Å². The molecule has 0 spiro atoms. The van der Waals surface area contributed by atoms with Crippen LogP contribution in [0.15, 0.2) is 24.3 Å². The molecule has 0 bridgehead atoms. The number of nitrogens with zero attached hydrogens (tertiary/aromatic N) is 1. The highest BCUT2D eigenvalue weighted by Gasteiger charge is 2.22. The normalized spacial score (nSPS) is 19.7. The lowest BCUT2D eigenvalue weighted by Gasteiger charge is -2.27. The first-order valence-electron chi connectivity index (χ1n) is 7.93. The minimum absolute atomic E-state index is 0.0399. The number of carbonyl (C=O) groups is 1. The van der Waals surface area contributed by atoms with Crippen molar-refractivity contribution in [2.24, 2.45) is 0 Å². The molecule has 0 aromatic heterocycles. The van der Waals surface area contributed by atoms with E-state index < -0.39 is 0 Å². The Kier molecular flexibility index (Phi) is 6.21. The zero-order valence-corrected chi connectivity index (χ0v) is 13.8. The molecule has 22 heavy (non-hydrogen) atoms. The Bertz CT molecular complexity index is 485. The molecule has 5 heteroatoms. The van der Waals surface area contributed by atoms with Crippen LogP contribution < -0.4 is 15.4 Å². The SMILES string of the molecule is COc1cccc(C(CNC(=O)[C@@H]2CCCCN2)N(C)C)c1. The van der Waals surface area contributed by atoms with Gasteiger partial charge in [0.1, 0.15) is 5.75 Å². The summed E-state index contributed by atoms with van der Waals surface area (Å²) in [6, 6.07) is 8.09. The minimum Gasteiger partial charge on any atom is -0.497 e. The molecule has 122 valence electrons. The van der Waals surface area contributed by atoms with Gasteiger partial charge in [-0.15, -0.1) is 0 Å². The Hall–Kier alpha value is -1.59. The number of hydrogen-bond acceptors (Lipinski definition) is 4. The standard InChI is InChI=1S/C17H27N3O2/c1-20(2)16(13-7-6-8-14(11-13)22-3)12-19-17(21)15-9-4-5-10-18-15/h6-8,11,15-16,18H,4-5,9-10,12H2,1-3H3,(H,19,21)/t15-,16?/m0/s1. The Balaban J connectivity index is 1.97. The molecule has 1 fully saturated rings. The van der Waals surface area contributed by atoms with Crippen molar-refractivity contribution in [3.05, 3.63) is 29.8 Å². The van der Waals surface area contributed by atoms with E-state index in [9.17, 15) is 4.79 Å². The van der Waals surface area contributed by atoms with Crippen LogP contribution in [0.25, 0.3) is 0 Å². The topological polar surface area (TPSA) is 53.6 Å². The molecule has 1 saturated heterocycles. The fraction of sp³-hybridized carbons (Fsp3) is 0.588. The molecule has 1 amide bonds. The van der Waals surface area contributed by atoms with E-state index in [1.165, 1.54) is 0 Å². The highest BCUT2D eigenvalue weighted by molar-refractivity contribution is 5.81. The number of amides is 1. The van der Waals surface area contributed by atoms with Gasteiger partial charge in [-0.1, -0.05) is 18.6 Å². The first-order chi connectivity index (χ1) is 10.6. The Morgan fingerprint density at radius 2 is 2.27 bits per heavy atom. The first-order valence-corrected chi connectivity index (χ1v) is 7.93. The van der Waals surface area contributed by atoms with Gasteiger partial charge in [0.05, 0.1) is 19.2 Å². The molecule has 2 N–H and O–H groups in total. The van der Waals surface area contributed by atoms with Crippen LogP contribution in [-0.4, -0.2) is 51.1 Å². The van der Waals surface area contributed by atoms with Crippen molar-refractivity contribution in [1.82, 2.24) is 15.5 Å². The Morgan fingerprint density at radius 1 is 1.45 bits per heavy atom. The summed E-state index contributed by atoms with van der Waals surface area (Å²) in [4.78, 5) is 14.4. The van der Waals surface area contributed by atoms with E-state index in [4.69, 9.17) is 4.74 Å². The largest absolute Gasteiger partial charge is 0.497 e. The summed E-state index contributed by atoms with van der Waals surface area (Å²) in [7, 11) is 5.71. The van der Waals surface area contributed by atoms with Crippen LogP contribution in [0.2, 0.25) is 0 Å². The molecule has 1 aliphatic heterocycles. The summed E-state index contributed by atoms with van der Waals surface area (Å²) >= 11 is 0. The van der Waals surface area contributed by atoms with Gasteiger partial charge in [-0.05, 0) is 51.2 Å². The Morgan fingerprint density at radius 3 is 2.91 bits per heavy atom. The van der Waals surface area contributed by atoms with Crippen molar-refractivity contribution in [2.45, 2.75) is 31.3 Å². The molecular weight excluding hydrogens is 278 g/mol. The van der Waals surface area contributed by atoms with Crippen LogP contribution in [-0.2, 0) is 4.79 Å². The third-order valence-electron chi connectivity index (χ3n) is 4.20. The average molecular weight is 305 g/mol. The summed E-state index contributed by atoms with van der Waals surface area (Å²) in [5, 5.41) is 6.37. The average Bonchev–Trinajstić information content (AvgIpc) is 2.55. The number of carbonyl (C=O) groups excluding carboxylic acids is 1. The molecule has 1 aliphatic rings. The highest BCUT2D eigenvalue weighted by atomic mass is 16.5. The van der Waals surface area contributed by atoms with Gasteiger partial charge in [0.25, 0.3) is 0 Å². The van der Waals surface area contributed by atoms with Crippen LogP contribution in [0, 0.1) is 0 Å².